The van der Waals surface area contributed by atoms with Crippen LogP contribution in [0.2, 0.25) is 5.02 Å². The van der Waals surface area contributed by atoms with Crippen LogP contribution in [0.15, 0.2) is 36.7 Å². The molecular weight excluding hydrogens is 274 g/mol. The SMILES string of the molecule is Nc1cnc(N2CCN(c3ccccn3)CC2)c(Cl)c1. The Morgan fingerprint density at radius 3 is 2.45 bits per heavy atom. The zero-order valence-corrected chi connectivity index (χ0v) is 11.8. The predicted octanol–water partition coefficient (Wildman–Crippen LogP) is 2.04. The van der Waals surface area contributed by atoms with Gasteiger partial charge in [-0.1, -0.05) is 17.7 Å². The van der Waals surface area contributed by atoms with E-state index in [0.29, 0.717) is 10.7 Å². The lowest BCUT2D eigenvalue weighted by molar-refractivity contribution is 0.642. The maximum absolute atomic E-state index is 6.21. The summed E-state index contributed by atoms with van der Waals surface area (Å²) in [6, 6.07) is 7.71. The van der Waals surface area contributed by atoms with E-state index < -0.39 is 0 Å². The monoisotopic (exact) mass is 289 g/mol. The van der Waals surface area contributed by atoms with Gasteiger partial charge in [-0.3, -0.25) is 0 Å². The van der Waals surface area contributed by atoms with Gasteiger partial charge in [0.2, 0.25) is 0 Å². The van der Waals surface area contributed by atoms with Gasteiger partial charge in [-0.2, -0.15) is 0 Å². The van der Waals surface area contributed by atoms with Crippen LogP contribution < -0.4 is 15.5 Å². The van der Waals surface area contributed by atoms with E-state index in [1.807, 2.05) is 24.4 Å². The van der Waals surface area contributed by atoms with Crippen molar-refractivity contribution in [3.8, 4) is 0 Å². The fraction of sp³-hybridized carbons (Fsp3) is 0.286. The van der Waals surface area contributed by atoms with Crippen molar-refractivity contribution in [2.45, 2.75) is 0 Å². The average Bonchev–Trinajstić information content (AvgIpc) is 2.48. The highest BCUT2D eigenvalue weighted by molar-refractivity contribution is 6.33. The van der Waals surface area contributed by atoms with Gasteiger partial charge in [0, 0.05) is 32.4 Å². The number of nitrogens with two attached hydrogens (primary N) is 1. The Hall–Kier alpha value is -2.01. The third-order valence-electron chi connectivity index (χ3n) is 3.40. The molecule has 0 atom stereocenters. The van der Waals surface area contributed by atoms with Crippen molar-refractivity contribution in [1.82, 2.24) is 9.97 Å². The lowest BCUT2D eigenvalue weighted by Gasteiger charge is -2.36. The van der Waals surface area contributed by atoms with E-state index in [9.17, 15) is 0 Å². The van der Waals surface area contributed by atoms with Gasteiger partial charge in [-0.25, -0.2) is 9.97 Å². The number of hydrogen-bond acceptors (Lipinski definition) is 5. The summed E-state index contributed by atoms with van der Waals surface area (Å²) in [6.45, 7) is 3.54. The zero-order chi connectivity index (χ0) is 13.9. The third-order valence-corrected chi connectivity index (χ3v) is 3.67. The molecule has 104 valence electrons. The molecule has 0 aliphatic carbocycles. The largest absolute Gasteiger partial charge is 0.397 e. The van der Waals surface area contributed by atoms with Gasteiger partial charge in [0.1, 0.15) is 11.6 Å². The molecule has 3 rings (SSSR count). The first-order valence-electron chi connectivity index (χ1n) is 6.56. The quantitative estimate of drug-likeness (QED) is 0.917. The minimum Gasteiger partial charge on any atom is -0.397 e. The van der Waals surface area contributed by atoms with Crippen molar-refractivity contribution >= 4 is 28.9 Å². The summed E-state index contributed by atoms with van der Waals surface area (Å²) in [6.07, 6.45) is 3.46. The van der Waals surface area contributed by atoms with E-state index in [2.05, 4.69) is 19.8 Å². The van der Waals surface area contributed by atoms with Crippen LogP contribution in [0.5, 0.6) is 0 Å². The van der Waals surface area contributed by atoms with E-state index in [1.165, 1.54) is 0 Å². The van der Waals surface area contributed by atoms with E-state index >= 15 is 0 Å². The molecule has 0 amide bonds. The van der Waals surface area contributed by atoms with Crippen LogP contribution in [-0.2, 0) is 0 Å². The van der Waals surface area contributed by atoms with Crippen LogP contribution in [0.4, 0.5) is 17.3 Å². The number of piperazine rings is 1. The molecule has 3 heterocycles. The Kier molecular flexibility index (Phi) is 3.60. The minimum atomic E-state index is 0.589. The number of halogens is 1. The molecule has 20 heavy (non-hydrogen) atoms. The zero-order valence-electron chi connectivity index (χ0n) is 11.0. The summed E-state index contributed by atoms with van der Waals surface area (Å²) >= 11 is 6.21. The van der Waals surface area contributed by atoms with Gasteiger partial charge in [-0.15, -0.1) is 0 Å². The van der Waals surface area contributed by atoms with Gasteiger partial charge in [0.15, 0.2) is 0 Å². The second-order valence-electron chi connectivity index (χ2n) is 4.74. The predicted molar refractivity (Wildman–Crippen MR) is 82.3 cm³/mol. The second-order valence-corrected chi connectivity index (χ2v) is 5.14. The summed E-state index contributed by atoms with van der Waals surface area (Å²) in [7, 11) is 0. The molecule has 0 saturated carbocycles. The van der Waals surface area contributed by atoms with Crippen LogP contribution in [0.25, 0.3) is 0 Å². The molecule has 2 N–H and O–H groups in total. The van der Waals surface area contributed by atoms with Crippen LogP contribution in [0.1, 0.15) is 0 Å². The minimum absolute atomic E-state index is 0.589. The number of rotatable bonds is 2. The van der Waals surface area contributed by atoms with Gasteiger partial charge < -0.3 is 15.5 Å². The third kappa shape index (κ3) is 2.63. The standard InChI is InChI=1S/C14H16ClN5/c15-12-9-11(16)10-18-14(12)20-7-5-19(6-8-20)13-3-1-2-4-17-13/h1-4,9-10H,5-8,16H2. The Morgan fingerprint density at radius 1 is 1.05 bits per heavy atom. The molecule has 2 aromatic heterocycles. The molecule has 1 aliphatic rings. The fourth-order valence-corrected chi connectivity index (χ4v) is 2.66. The van der Waals surface area contributed by atoms with Crippen molar-refractivity contribution in [1.29, 1.82) is 0 Å². The Labute approximate surface area is 123 Å². The molecule has 2 aromatic rings. The summed E-state index contributed by atoms with van der Waals surface area (Å²) in [5.41, 5.74) is 6.26. The number of nitrogen functional groups attached to an aromatic ring is 1. The Bertz CT molecular complexity index is 581. The van der Waals surface area contributed by atoms with Crippen molar-refractivity contribution in [3.63, 3.8) is 0 Å². The van der Waals surface area contributed by atoms with Crippen LogP contribution in [0.3, 0.4) is 0 Å². The van der Waals surface area contributed by atoms with E-state index in [1.54, 1.807) is 12.3 Å². The molecule has 1 saturated heterocycles. The molecule has 5 nitrogen and oxygen atoms in total. The van der Waals surface area contributed by atoms with Gasteiger partial charge in [0.25, 0.3) is 0 Å². The Morgan fingerprint density at radius 2 is 1.80 bits per heavy atom. The first kappa shape index (κ1) is 13.0. The van der Waals surface area contributed by atoms with Crippen molar-refractivity contribution in [2.24, 2.45) is 0 Å². The number of hydrogen-bond donors (Lipinski definition) is 1. The molecule has 1 fully saturated rings. The number of pyridine rings is 2. The Balaban J connectivity index is 1.69. The van der Waals surface area contributed by atoms with Crippen LogP contribution in [0, 0.1) is 0 Å². The number of aromatic nitrogens is 2. The molecule has 0 spiro atoms. The summed E-state index contributed by atoms with van der Waals surface area (Å²) < 4.78 is 0. The van der Waals surface area contributed by atoms with E-state index in [4.69, 9.17) is 17.3 Å². The fourth-order valence-electron chi connectivity index (χ4n) is 2.37. The van der Waals surface area contributed by atoms with E-state index in [0.717, 1.165) is 37.8 Å². The highest BCUT2D eigenvalue weighted by atomic mass is 35.5. The lowest BCUT2D eigenvalue weighted by Crippen LogP contribution is -2.47. The summed E-state index contributed by atoms with van der Waals surface area (Å²) in [5.74, 6) is 1.82. The molecule has 0 unspecified atom stereocenters. The lowest BCUT2D eigenvalue weighted by atomic mass is 10.3. The van der Waals surface area contributed by atoms with Gasteiger partial charge in [-0.05, 0) is 18.2 Å². The molecule has 1 aliphatic heterocycles. The molecule has 0 aromatic carbocycles. The van der Waals surface area contributed by atoms with Crippen LogP contribution >= 0.6 is 11.6 Å². The molecular formula is C14H16ClN5. The normalized spacial score (nSPS) is 15.4. The van der Waals surface area contributed by atoms with Crippen molar-refractivity contribution < 1.29 is 0 Å². The molecule has 0 bridgehead atoms. The maximum Gasteiger partial charge on any atom is 0.147 e. The first-order chi connectivity index (χ1) is 9.74. The highest BCUT2D eigenvalue weighted by Gasteiger charge is 2.20. The summed E-state index contributed by atoms with van der Waals surface area (Å²) in [5, 5.41) is 0.608. The van der Waals surface area contributed by atoms with Gasteiger partial charge >= 0.3 is 0 Å². The second kappa shape index (κ2) is 5.54. The topological polar surface area (TPSA) is 58.3 Å². The highest BCUT2D eigenvalue weighted by Crippen LogP contribution is 2.26. The van der Waals surface area contributed by atoms with Crippen molar-refractivity contribution in [3.05, 3.63) is 41.7 Å². The van der Waals surface area contributed by atoms with Crippen LogP contribution in [-0.4, -0.2) is 36.1 Å². The number of nitrogens with zero attached hydrogens (tertiary/aromatic N) is 4. The smallest absolute Gasteiger partial charge is 0.147 e. The van der Waals surface area contributed by atoms with Crippen molar-refractivity contribution in [2.75, 3.05) is 41.7 Å². The average molecular weight is 290 g/mol. The van der Waals surface area contributed by atoms with E-state index in [-0.39, 0.29) is 0 Å². The number of anilines is 3. The maximum atomic E-state index is 6.21. The first-order valence-corrected chi connectivity index (χ1v) is 6.94. The summed E-state index contributed by atoms with van der Waals surface area (Å²) in [4.78, 5) is 13.2. The molecule has 6 heteroatoms. The molecule has 0 radical (unpaired) electrons. The van der Waals surface area contributed by atoms with Gasteiger partial charge in [0.05, 0.1) is 16.9 Å².